The zero-order valence-corrected chi connectivity index (χ0v) is 17.2. The molecule has 9 heteroatoms. The molecular formula is C21H22ClF2NO5. The normalized spacial score (nSPS) is 18.1. The van der Waals surface area contributed by atoms with Gasteiger partial charge in [-0.15, -0.1) is 0 Å². The summed E-state index contributed by atoms with van der Waals surface area (Å²) in [4.78, 5) is 24.6. The van der Waals surface area contributed by atoms with E-state index in [1.807, 2.05) is 13.0 Å². The third kappa shape index (κ3) is 5.06. The van der Waals surface area contributed by atoms with Crippen LogP contribution in [-0.4, -0.2) is 34.5 Å². The van der Waals surface area contributed by atoms with Crippen LogP contribution in [0.15, 0.2) is 35.3 Å². The largest absolute Gasteiger partial charge is 0.480 e. The lowest BCUT2D eigenvalue weighted by Gasteiger charge is -2.25. The molecule has 0 saturated heterocycles. The number of carboxylic acid groups (broad SMARTS) is 1. The number of aliphatic carboxylic acids is 1. The van der Waals surface area contributed by atoms with E-state index in [-0.39, 0.29) is 19.1 Å². The predicted octanol–water partition coefficient (Wildman–Crippen LogP) is 4.27. The van der Waals surface area contributed by atoms with Crippen LogP contribution in [0.2, 0.25) is 5.02 Å². The van der Waals surface area contributed by atoms with Gasteiger partial charge in [-0.05, 0) is 49.1 Å². The van der Waals surface area contributed by atoms with E-state index < -0.39 is 30.3 Å². The summed E-state index contributed by atoms with van der Waals surface area (Å²) >= 11 is 6.17. The average molecular weight is 442 g/mol. The quantitative estimate of drug-likeness (QED) is 0.724. The third-order valence-corrected chi connectivity index (χ3v) is 5.30. The molecule has 0 saturated carbocycles. The van der Waals surface area contributed by atoms with Crippen LogP contribution in [0.1, 0.15) is 37.4 Å². The highest BCUT2D eigenvalue weighted by molar-refractivity contribution is 6.30. The van der Waals surface area contributed by atoms with Gasteiger partial charge in [-0.2, -0.15) is 8.78 Å². The van der Waals surface area contributed by atoms with E-state index in [0.717, 1.165) is 15.7 Å². The van der Waals surface area contributed by atoms with Crippen molar-refractivity contribution in [3.8, 4) is 11.1 Å². The van der Waals surface area contributed by atoms with Crippen LogP contribution in [0.5, 0.6) is 0 Å². The molecule has 0 radical (unpaired) electrons. The fourth-order valence-electron chi connectivity index (χ4n) is 3.66. The average Bonchev–Trinajstić information content (AvgIpc) is 2.65. The summed E-state index contributed by atoms with van der Waals surface area (Å²) in [5.74, 6) is -1.31. The summed E-state index contributed by atoms with van der Waals surface area (Å²) in [6.07, 6.45) is 0.602. The topological polar surface area (TPSA) is 77.8 Å². The number of ether oxygens (including phenoxy) is 2. The molecular weight excluding hydrogens is 420 g/mol. The summed E-state index contributed by atoms with van der Waals surface area (Å²) in [5.41, 5.74) is 2.40. The number of pyridine rings is 1. The number of nitrogens with zero attached hydrogens (tertiary/aromatic N) is 1. The van der Waals surface area contributed by atoms with Crippen molar-refractivity contribution in [2.75, 3.05) is 0 Å². The van der Waals surface area contributed by atoms with Crippen LogP contribution in [0, 0.1) is 0 Å². The van der Waals surface area contributed by atoms with E-state index in [2.05, 4.69) is 4.74 Å². The Kier molecular flexibility index (Phi) is 6.90. The Hall–Kier alpha value is -2.29. The molecule has 3 atom stereocenters. The van der Waals surface area contributed by atoms with Crippen LogP contribution < -0.4 is 5.56 Å². The smallest absolute Gasteiger partial charge is 0.345 e. The molecule has 1 aromatic carbocycles. The SMILES string of the molecule is CC1Cc2ccc(Cl)cc2-c2cc(=O)n(C(CC(C)OC(F)F)C(=O)O)cc2CO1. The Morgan fingerprint density at radius 3 is 2.70 bits per heavy atom. The molecule has 2 heterocycles. The molecule has 3 unspecified atom stereocenters. The second-order valence-electron chi connectivity index (χ2n) is 7.38. The van der Waals surface area contributed by atoms with Gasteiger partial charge in [0.05, 0.1) is 18.8 Å². The summed E-state index contributed by atoms with van der Waals surface area (Å²) in [6.45, 7) is 0.392. The van der Waals surface area contributed by atoms with E-state index in [1.54, 1.807) is 12.1 Å². The number of carboxylic acids is 1. The first kappa shape index (κ1) is 22.4. The molecule has 1 aliphatic heterocycles. The van der Waals surface area contributed by atoms with Gasteiger partial charge in [-0.1, -0.05) is 17.7 Å². The van der Waals surface area contributed by atoms with Gasteiger partial charge in [0, 0.05) is 29.3 Å². The predicted molar refractivity (Wildman–Crippen MR) is 107 cm³/mol. The Morgan fingerprint density at radius 1 is 1.33 bits per heavy atom. The first-order chi connectivity index (χ1) is 14.2. The Balaban J connectivity index is 2.08. The van der Waals surface area contributed by atoms with Gasteiger partial charge in [0.1, 0.15) is 6.04 Å². The molecule has 0 fully saturated rings. The summed E-state index contributed by atoms with van der Waals surface area (Å²) < 4.78 is 36.2. The minimum absolute atomic E-state index is 0.104. The van der Waals surface area contributed by atoms with Crippen LogP contribution >= 0.6 is 11.6 Å². The summed E-state index contributed by atoms with van der Waals surface area (Å²) in [6, 6.07) is 5.39. The number of benzene rings is 1. The van der Waals surface area contributed by atoms with Gasteiger partial charge in [-0.25, -0.2) is 4.79 Å². The zero-order chi connectivity index (χ0) is 22.0. The number of hydrogen-bond acceptors (Lipinski definition) is 4. The summed E-state index contributed by atoms with van der Waals surface area (Å²) in [7, 11) is 0. The lowest BCUT2D eigenvalue weighted by Crippen LogP contribution is -2.33. The number of alkyl halides is 2. The Morgan fingerprint density at radius 2 is 2.03 bits per heavy atom. The lowest BCUT2D eigenvalue weighted by molar-refractivity contribution is -0.166. The van der Waals surface area contributed by atoms with Gasteiger partial charge >= 0.3 is 12.6 Å². The van der Waals surface area contributed by atoms with Crippen molar-refractivity contribution in [2.24, 2.45) is 0 Å². The molecule has 1 N–H and O–H groups in total. The molecule has 30 heavy (non-hydrogen) atoms. The van der Waals surface area contributed by atoms with Gasteiger partial charge in [0.15, 0.2) is 0 Å². The van der Waals surface area contributed by atoms with Crippen LogP contribution in [-0.2, 0) is 27.3 Å². The first-order valence-corrected chi connectivity index (χ1v) is 9.85. The highest BCUT2D eigenvalue weighted by atomic mass is 35.5. The molecule has 0 amide bonds. The van der Waals surface area contributed by atoms with Crippen LogP contribution in [0.3, 0.4) is 0 Å². The molecule has 3 rings (SSSR count). The molecule has 2 aromatic rings. The third-order valence-electron chi connectivity index (χ3n) is 5.07. The Labute approximate surface area is 177 Å². The van der Waals surface area contributed by atoms with E-state index in [1.165, 1.54) is 19.2 Å². The minimum Gasteiger partial charge on any atom is -0.480 e. The lowest BCUT2D eigenvalue weighted by atomic mass is 9.92. The minimum atomic E-state index is -3.03. The maximum atomic E-state index is 12.8. The molecule has 0 bridgehead atoms. The monoisotopic (exact) mass is 441 g/mol. The molecule has 1 aromatic heterocycles. The van der Waals surface area contributed by atoms with Crippen molar-refractivity contribution in [1.82, 2.24) is 4.57 Å². The standard InChI is InChI=1S/C21H22ClF2NO5/c1-11-5-13-3-4-15(22)7-16(13)17-8-19(26)25(9-14(17)10-29-11)18(20(27)28)6-12(2)30-21(23)24/h3-4,7-9,11-12,18,21H,5-6,10H2,1-2H3,(H,27,28). The second kappa shape index (κ2) is 9.24. The van der Waals surface area contributed by atoms with Gasteiger partial charge < -0.3 is 19.1 Å². The molecule has 162 valence electrons. The fourth-order valence-corrected chi connectivity index (χ4v) is 3.83. The van der Waals surface area contributed by atoms with Crippen LogP contribution in [0.25, 0.3) is 11.1 Å². The van der Waals surface area contributed by atoms with Gasteiger partial charge in [0.25, 0.3) is 5.56 Å². The van der Waals surface area contributed by atoms with E-state index in [0.29, 0.717) is 22.6 Å². The van der Waals surface area contributed by atoms with Crippen molar-refractivity contribution in [2.45, 2.75) is 58.2 Å². The summed E-state index contributed by atoms with van der Waals surface area (Å²) in [5, 5.41) is 10.1. The fraction of sp³-hybridized carbons (Fsp3) is 0.429. The molecule has 1 aliphatic rings. The maximum Gasteiger partial charge on any atom is 0.345 e. The van der Waals surface area contributed by atoms with Gasteiger partial charge in [0.2, 0.25) is 0 Å². The maximum absolute atomic E-state index is 12.8. The van der Waals surface area contributed by atoms with Crippen molar-refractivity contribution in [3.63, 3.8) is 0 Å². The number of rotatable bonds is 6. The number of fused-ring (bicyclic) bond motifs is 3. The Bertz CT molecular complexity index is 994. The molecule has 6 nitrogen and oxygen atoms in total. The highest BCUT2D eigenvalue weighted by Crippen LogP contribution is 2.33. The van der Waals surface area contributed by atoms with E-state index in [9.17, 15) is 23.5 Å². The van der Waals surface area contributed by atoms with Crippen molar-refractivity contribution in [3.05, 3.63) is 57.0 Å². The first-order valence-electron chi connectivity index (χ1n) is 9.47. The van der Waals surface area contributed by atoms with E-state index >= 15 is 0 Å². The number of hydrogen-bond donors (Lipinski definition) is 1. The number of halogens is 3. The van der Waals surface area contributed by atoms with Crippen molar-refractivity contribution in [1.29, 1.82) is 0 Å². The van der Waals surface area contributed by atoms with Crippen LogP contribution in [0.4, 0.5) is 8.78 Å². The van der Waals surface area contributed by atoms with E-state index in [4.69, 9.17) is 16.3 Å². The van der Waals surface area contributed by atoms with Crippen molar-refractivity contribution < 1.29 is 28.2 Å². The zero-order valence-electron chi connectivity index (χ0n) is 16.5. The second-order valence-corrected chi connectivity index (χ2v) is 7.82. The molecule has 0 aliphatic carbocycles. The van der Waals surface area contributed by atoms with Gasteiger partial charge in [-0.3, -0.25) is 4.79 Å². The highest BCUT2D eigenvalue weighted by Gasteiger charge is 2.27. The van der Waals surface area contributed by atoms with Crippen molar-refractivity contribution >= 4 is 17.6 Å². The number of aromatic nitrogens is 1. The molecule has 0 spiro atoms. The number of carbonyl (C=O) groups is 1.